The fourth-order valence-electron chi connectivity index (χ4n) is 2.38. The number of ether oxygens (including phenoxy) is 1. The molecule has 0 bridgehead atoms. The molecule has 0 amide bonds. The summed E-state index contributed by atoms with van der Waals surface area (Å²) in [7, 11) is -4.07. The number of halogens is 2. The van der Waals surface area contributed by atoms with Gasteiger partial charge < -0.3 is 4.74 Å². The SMILES string of the molecule is CCOCc1ncc(-c2ccc(S(=O)(=O)Nc3cc(F)ccc3F)cc2)cn1. The van der Waals surface area contributed by atoms with Gasteiger partial charge in [0, 0.05) is 30.6 Å². The van der Waals surface area contributed by atoms with E-state index in [2.05, 4.69) is 9.97 Å². The van der Waals surface area contributed by atoms with Gasteiger partial charge in [0.15, 0.2) is 5.82 Å². The molecule has 6 nitrogen and oxygen atoms in total. The van der Waals surface area contributed by atoms with Crippen molar-refractivity contribution in [2.45, 2.75) is 18.4 Å². The van der Waals surface area contributed by atoms with E-state index >= 15 is 0 Å². The highest BCUT2D eigenvalue weighted by molar-refractivity contribution is 7.92. The molecule has 9 heteroatoms. The molecule has 0 fully saturated rings. The van der Waals surface area contributed by atoms with E-state index in [0.29, 0.717) is 30.2 Å². The lowest BCUT2D eigenvalue weighted by Gasteiger charge is -2.10. The highest BCUT2D eigenvalue weighted by atomic mass is 32.2. The zero-order chi connectivity index (χ0) is 20.1. The molecule has 1 N–H and O–H groups in total. The molecule has 1 heterocycles. The van der Waals surface area contributed by atoms with Gasteiger partial charge in [0.2, 0.25) is 0 Å². The first-order valence-electron chi connectivity index (χ1n) is 8.36. The van der Waals surface area contributed by atoms with Gasteiger partial charge in [-0.25, -0.2) is 27.2 Å². The zero-order valence-electron chi connectivity index (χ0n) is 14.9. The van der Waals surface area contributed by atoms with E-state index in [4.69, 9.17) is 4.74 Å². The van der Waals surface area contributed by atoms with E-state index in [9.17, 15) is 17.2 Å². The maximum absolute atomic E-state index is 13.7. The van der Waals surface area contributed by atoms with Gasteiger partial charge in [-0.05, 0) is 36.8 Å². The first kappa shape index (κ1) is 19.8. The Kier molecular flexibility index (Phi) is 5.96. The van der Waals surface area contributed by atoms with Crippen molar-refractivity contribution in [1.29, 1.82) is 0 Å². The van der Waals surface area contributed by atoms with Crippen LogP contribution in [0.4, 0.5) is 14.5 Å². The Morgan fingerprint density at radius 3 is 2.32 bits per heavy atom. The molecule has 0 saturated carbocycles. The smallest absolute Gasteiger partial charge is 0.261 e. The Balaban J connectivity index is 1.78. The number of nitrogens with one attached hydrogen (secondary N) is 1. The van der Waals surface area contributed by atoms with Crippen LogP contribution in [0.1, 0.15) is 12.7 Å². The molecule has 146 valence electrons. The third-order valence-electron chi connectivity index (χ3n) is 3.81. The van der Waals surface area contributed by atoms with Gasteiger partial charge in [-0.3, -0.25) is 4.72 Å². The molecule has 0 unspecified atom stereocenters. The van der Waals surface area contributed by atoms with Crippen molar-refractivity contribution in [3.05, 3.63) is 72.3 Å². The van der Waals surface area contributed by atoms with Crippen LogP contribution in [0.3, 0.4) is 0 Å². The van der Waals surface area contributed by atoms with Crippen molar-refractivity contribution in [2.75, 3.05) is 11.3 Å². The minimum Gasteiger partial charge on any atom is -0.374 e. The summed E-state index contributed by atoms with van der Waals surface area (Å²) >= 11 is 0. The number of sulfonamides is 1. The van der Waals surface area contributed by atoms with E-state index in [-0.39, 0.29) is 4.90 Å². The van der Waals surface area contributed by atoms with Gasteiger partial charge in [0.05, 0.1) is 10.6 Å². The van der Waals surface area contributed by atoms with Gasteiger partial charge in [0.1, 0.15) is 18.2 Å². The summed E-state index contributed by atoms with van der Waals surface area (Å²) in [5.74, 6) is -1.07. The molecule has 2 aromatic carbocycles. The van der Waals surface area contributed by atoms with Crippen LogP contribution in [0.15, 0.2) is 59.8 Å². The van der Waals surface area contributed by atoms with E-state index in [0.717, 1.165) is 18.2 Å². The number of benzene rings is 2. The normalized spacial score (nSPS) is 11.4. The van der Waals surface area contributed by atoms with Crippen LogP contribution in [-0.4, -0.2) is 25.0 Å². The van der Waals surface area contributed by atoms with Crippen LogP contribution >= 0.6 is 0 Å². The molecule has 0 atom stereocenters. The minimum absolute atomic E-state index is 0.0891. The molecule has 0 aliphatic heterocycles. The second-order valence-electron chi connectivity index (χ2n) is 5.78. The van der Waals surface area contributed by atoms with Crippen LogP contribution < -0.4 is 4.72 Å². The Hall–Kier alpha value is -2.91. The van der Waals surface area contributed by atoms with Gasteiger partial charge in [-0.1, -0.05) is 12.1 Å². The Labute approximate surface area is 161 Å². The Morgan fingerprint density at radius 2 is 1.68 bits per heavy atom. The molecule has 3 rings (SSSR count). The lowest BCUT2D eigenvalue weighted by molar-refractivity contribution is 0.128. The summed E-state index contributed by atoms with van der Waals surface area (Å²) in [5, 5.41) is 0. The van der Waals surface area contributed by atoms with Crippen molar-refractivity contribution in [3.63, 3.8) is 0 Å². The Morgan fingerprint density at radius 1 is 1.00 bits per heavy atom. The Bertz CT molecular complexity index is 1060. The molecule has 0 aliphatic carbocycles. The maximum Gasteiger partial charge on any atom is 0.261 e. The number of aromatic nitrogens is 2. The predicted octanol–water partition coefficient (Wildman–Crippen LogP) is 3.76. The number of rotatable bonds is 7. The van der Waals surface area contributed by atoms with Crippen LogP contribution in [0.25, 0.3) is 11.1 Å². The van der Waals surface area contributed by atoms with E-state index in [1.54, 1.807) is 24.5 Å². The fraction of sp³-hybridized carbons (Fsp3) is 0.158. The summed E-state index contributed by atoms with van der Waals surface area (Å²) < 4.78 is 59.1. The molecule has 1 aromatic heterocycles. The highest BCUT2D eigenvalue weighted by Gasteiger charge is 2.17. The van der Waals surface area contributed by atoms with E-state index in [1.807, 2.05) is 11.6 Å². The first-order chi connectivity index (χ1) is 13.4. The molecular weight excluding hydrogens is 388 g/mol. The van der Waals surface area contributed by atoms with Gasteiger partial charge in [-0.2, -0.15) is 0 Å². The molecule has 0 aliphatic rings. The van der Waals surface area contributed by atoms with Gasteiger partial charge in [-0.15, -0.1) is 0 Å². The van der Waals surface area contributed by atoms with Crippen molar-refractivity contribution >= 4 is 15.7 Å². The monoisotopic (exact) mass is 405 g/mol. The van der Waals surface area contributed by atoms with Crippen molar-refractivity contribution in [1.82, 2.24) is 9.97 Å². The van der Waals surface area contributed by atoms with Gasteiger partial charge in [0.25, 0.3) is 10.0 Å². The molecule has 0 radical (unpaired) electrons. The summed E-state index contributed by atoms with van der Waals surface area (Å²) in [6, 6.07) is 8.43. The second-order valence-corrected chi connectivity index (χ2v) is 7.46. The fourth-order valence-corrected chi connectivity index (χ4v) is 3.44. The summed E-state index contributed by atoms with van der Waals surface area (Å²) in [6.45, 7) is 2.76. The van der Waals surface area contributed by atoms with Crippen molar-refractivity contribution < 1.29 is 21.9 Å². The molecule has 28 heavy (non-hydrogen) atoms. The molecule has 3 aromatic rings. The lowest BCUT2D eigenvalue weighted by Crippen LogP contribution is -2.14. The van der Waals surface area contributed by atoms with Gasteiger partial charge >= 0.3 is 0 Å². The average Bonchev–Trinajstić information content (AvgIpc) is 2.69. The average molecular weight is 405 g/mol. The summed E-state index contributed by atoms with van der Waals surface area (Å²) in [5.41, 5.74) is 0.953. The topological polar surface area (TPSA) is 81.2 Å². The number of anilines is 1. The first-order valence-corrected chi connectivity index (χ1v) is 9.84. The quantitative estimate of drug-likeness (QED) is 0.647. The third kappa shape index (κ3) is 4.68. The number of hydrogen-bond acceptors (Lipinski definition) is 5. The lowest BCUT2D eigenvalue weighted by atomic mass is 10.1. The summed E-state index contributed by atoms with van der Waals surface area (Å²) in [4.78, 5) is 8.30. The molecule has 0 saturated heterocycles. The standard InChI is InChI=1S/C19H17F2N3O3S/c1-2-27-12-19-22-10-14(11-23-19)13-3-6-16(7-4-13)28(25,26)24-18-9-15(20)5-8-17(18)21/h3-11,24H,2,12H2,1H3. The zero-order valence-corrected chi connectivity index (χ0v) is 15.7. The third-order valence-corrected chi connectivity index (χ3v) is 5.19. The molecule has 0 spiro atoms. The van der Waals surface area contributed by atoms with E-state index < -0.39 is 27.3 Å². The number of hydrogen-bond donors (Lipinski definition) is 1. The van der Waals surface area contributed by atoms with Crippen molar-refractivity contribution in [3.8, 4) is 11.1 Å². The number of nitrogens with zero attached hydrogens (tertiary/aromatic N) is 2. The van der Waals surface area contributed by atoms with E-state index in [1.165, 1.54) is 12.1 Å². The van der Waals surface area contributed by atoms with Crippen LogP contribution in [-0.2, 0) is 21.4 Å². The molecular formula is C19H17F2N3O3S. The minimum atomic E-state index is -4.07. The highest BCUT2D eigenvalue weighted by Crippen LogP contribution is 2.23. The van der Waals surface area contributed by atoms with Crippen LogP contribution in [0.5, 0.6) is 0 Å². The predicted molar refractivity (Wildman–Crippen MR) is 100.0 cm³/mol. The second kappa shape index (κ2) is 8.41. The summed E-state index contributed by atoms with van der Waals surface area (Å²) in [6.07, 6.45) is 3.23. The largest absolute Gasteiger partial charge is 0.374 e. The van der Waals surface area contributed by atoms with Crippen molar-refractivity contribution in [2.24, 2.45) is 0 Å². The van der Waals surface area contributed by atoms with Crippen LogP contribution in [0.2, 0.25) is 0 Å². The van der Waals surface area contributed by atoms with Crippen LogP contribution in [0, 0.1) is 11.6 Å². The maximum atomic E-state index is 13.7.